The van der Waals surface area contributed by atoms with Crippen LogP contribution in [0.15, 0.2) is 48.5 Å². The number of amides is 1. The first-order chi connectivity index (χ1) is 9.08. The van der Waals surface area contributed by atoms with Gasteiger partial charge in [0, 0.05) is 5.56 Å². The van der Waals surface area contributed by atoms with E-state index in [-0.39, 0.29) is 11.3 Å². The van der Waals surface area contributed by atoms with Gasteiger partial charge in [0.25, 0.3) is 5.91 Å². The van der Waals surface area contributed by atoms with Crippen molar-refractivity contribution in [3.63, 3.8) is 0 Å². The molecular formula is C14H11NO4. The van der Waals surface area contributed by atoms with Crippen LogP contribution in [0.4, 0.5) is 5.69 Å². The molecule has 0 heterocycles. The molecule has 1 amide bonds. The minimum Gasteiger partial charge on any atom is -0.506 e. The summed E-state index contributed by atoms with van der Waals surface area (Å²) >= 11 is 0. The molecule has 0 bridgehead atoms. The molecule has 0 spiro atoms. The number of benzene rings is 2. The van der Waals surface area contributed by atoms with E-state index in [9.17, 15) is 14.7 Å². The highest BCUT2D eigenvalue weighted by Crippen LogP contribution is 2.22. The maximum atomic E-state index is 11.9. The standard InChI is InChI=1S/C14H11NO4/c16-12-4-2-1-3-11(12)15-13(17)9-5-7-10(8-6-9)14(18)19/h1-8,16H,(H,15,17)(H,18,19). The zero-order valence-electron chi connectivity index (χ0n) is 9.83. The fourth-order valence-electron chi connectivity index (χ4n) is 1.54. The quantitative estimate of drug-likeness (QED) is 0.736. The molecule has 0 unspecified atom stereocenters. The maximum Gasteiger partial charge on any atom is 0.335 e. The lowest BCUT2D eigenvalue weighted by atomic mass is 10.1. The Hall–Kier alpha value is -2.82. The first-order valence-corrected chi connectivity index (χ1v) is 5.50. The van der Waals surface area contributed by atoms with Crippen molar-refractivity contribution in [3.05, 3.63) is 59.7 Å². The van der Waals surface area contributed by atoms with Gasteiger partial charge >= 0.3 is 5.97 Å². The average molecular weight is 257 g/mol. The third kappa shape index (κ3) is 2.90. The normalized spacial score (nSPS) is 9.89. The molecule has 96 valence electrons. The summed E-state index contributed by atoms with van der Waals surface area (Å²) < 4.78 is 0. The highest BCUT2D eigenvalue weighted by atomic mass is 16.4. The number of carbonyl (C=O) groups is 2. The SMILES string of the molecule is O=C(O)c1ccc(C(=O)Nc2ccccc2O)cc1. The second kappa shape index (κ2) is 5.22. The summed E-state index contributed by atoms with van der Waals surface area (Å²) in [6.45, 7) is 0. The molecule has 0 atom stereocenters. The molecule has 0 fully saturated rings. The number of phenols is 1. The van der Waals surface area contributed by atoms with Crippen molar-refractivity contribution in [1.29, 1.82) is 0 Å². The number of phenolic OH excluding ortho intramolecular Hbond substituents is 1. The van der Waals surface area contributed by atoms with Gasteiger partial charge in [0.1, 0.15) is 5.75 Å². The van der Waals surface area contributed by atoms with Gasteiger partial charge in [-0.15, -0.1) is 0 Å². The molecule has 2 aromatic carbocycles. The van der Waals surface area contributed by atoms with Gasteiger partial charge in [0.05, 0.1) is 11.3 Å². The zero-order valence-corrected chi connectivity index (χ0v) is 9.83. The van der Waals surface area contributed by atoms with Crippen LogP contribution in [0.5, 0.6) is 5.75 Å². The molecule has 2 rings (SSSR count). The van der Waals surface area contributed by atoms with E-state index in [4.69, 9.17) is 5.11 Å². The molecule has 5 nitrogen and oxygen atoms in total. The number of aromatic carboxylic acids is 1. The first kappa shape index (κ1) is 12.6. The number of hydrogen-bond donors (Lipinski definition) is 3. The summed E-state index contributed by atoms with van der Waals surface area (Å²) in [5.74, 6) is -1.50. The van der Waals surface area contributed by atoms with Crippen LogP contribution >= 0.6 is 0 Å². The van der Waals surface area contributed by atoms with Crippen molar-refractivity contribution in [2.75, 3.05) is 5.32 Å². The van der Waals surface area contributed by atoms with Gasteiger partial charge in [-0.25, -0.2) is 4.79 Å². The van der Waals surface area contributed by atoms with Gasteiger partial charge in [-0.1, -0.05) is 12.1 Å². The molecular weight excluding hydrogens is 246 g/mol. The van der Waals surface area contributed by atoms with E-state index in [1.54, 1.807) is 18.2 Å². The maximum absolute atomic E-state index is 11.9. The van der Waals surface area contributed by atoms with E-state index in [0.717, 1.165) is 0 Å². The van der Waals surface area contributed by atoms with E-state index in [1.807, 2.05) is 0 Å². The molecule has 5 heteroatoms. The third-order valence-corrected chi connectivity index (χ3v) is 2.55. The number of para-hydroxylation sites is 2. The monoisotopic (exact) mass is 257 g/mol. The number of anilines is 1. The Morgan fingerprint density at radius 2 is 1.47 bits per heavy atom. The van der Waals surface area contributed by atoms with Crippen LogP contribution in [-0.2, 0) is 0 Å². The Bertz CT molecular complexity index is 620. The second-order valence-corrected chi connectivity index (χ2v) is 3.85. The smallest absolute Gasteiger partial charge is 0.335 e. The summed E-state index contributed by atoms with van der Waals surface area (Å²) in [6.07, 6.45) is 0. The van der Waals surface area contributed by atoms with Gasteiger partial charge in [-0.05, 0) is 36.4 Å². The lowest BCUT2D eigenvalue weighted by Crippen LogP contribution is -2.12. The average Bonchev–Trinajstić information content (AvgIpc) is 2.41. The number of rotatable bonds is 3. The Kier molecular flexibility index (Phi) is 3.47. The zero-order chi connectivity index (χ0) is 13.8. The van der Waals surface area contributed by atoms with E-state index in [1.165, 1.54) is 30.3 Å². The van der Waals surface area contributed by atoms with Gasteiger partial charge in [0.2, 0.25) is 0 Å². The Morgan fingerprint density at radius 1 is 0.895 bits per heavy atom. The number of carbonyl (C=O) groups excluding carboxylic acids is 1. The fraction of sp³-hybridized carbons (Fsp3) is 0. The van der Waals surface area contributed by atoms with Crippen molar-refractivity contribution >= 4 is 17.6 Å². The summed E-state index contributed by atoms with van der Waals surface area (Å²) in [6, 6.07) is 11.9. The van der Waals surface area contributed by atoms with Gasteiger partial charge in [0.15, 0.2) is 0 Å². The van der Waals surface area contributed by atoms with E-state index in [0.29, 0.717) is 11.3 Å². The molecule has 3 N–H and O–H groups in total. The highest BCUT2D eigenvalue weighted by Gasteiger charge is 2.09. The van der Waals surface area contributed by atoms with Crippen LogP contribution in [0, 0.1) is 0 Å². The fourth-order valence-corrected chi connectivity index (χ4v) is 1.54. The lowest BCUT2D eigenvalue weighted by Gasteiger charge is -2.07. The van der Waals surface area contributed by atoms with Crippen LogP contribution in [0.25, 0.3) is 0 Å². The largest absolute Gasteiger partial charge is 0.506 e. The van der Waals surface area contributed by atoms with Crippen molar-refractivity contribution in [3.8, 4) is 5.75 Å². The summed E-state index contributed by atoms with van der Waals surface area (Å²) in [4.78, 5) is 22.6. The van der Waals surface area contributed by atoms with Crippen LogP contribution in [-0.4, -0.2) is 22.1 Å². The van der Waals surface area contributed by atoms with Crippen molar-refractivity contribution < 1.29 is 19.8 Å². The van der Waals surface area contributed by atoms with Crippen LogP contribution < -0.4 is 5.32 Å². The summed E-state index contributed by atoms with van der Waals surface area (Å²) in [7, 11) is 0. The van der Waals surface area contributed by atoms with Crippen molar-refractivity contribution in [1.82, 2.24) is 0 Å². The van der Waals surface area contributed by atoms with Crippen molar-refractivity contribution in [2.45, 2.75) is 0 Å². The number of carboxylic acids is 1. The minimum atomic E-state index is -1.05. The van der Waals surface area contributed by atoms with E-state index in [2.05, 4.69) is 5.32 Å². The highest BCUT2D eigenvalue weighted by molar-refractivity contribution is 6.05. The molecule has 0 aromatic heterocycles. The number of aromatic hydroxyl groups is 1. The number of carboxylic acid groups (broad SMARTS) is 1. The third-order valence-electron chi connectivity index (χ3n) is 2.55. The molecule has 0 saturated carbocycles. The predicted molar refractivity (Wildman–Crippen MR) is 69.5 cm³/mol. The van der Waals surface area contributed by atoms with E-state index < -0.39 is 11.9 Å². The molecule has 19 heavy (non-hydrogen) atoms. The molecule has 2 aromatic rings. The minimum absolute atomic E-state index is 0.0296. The molecule has 0 saturated heterocycles. The Balaban J connectivity index is 2.16. The number of hydrogen-bond acceptors (Lipinski definition) is 3. The summed E-state index contributed by atoms with van der Waals surface area (Å²) in [5.41, 5.74) is 0.724. The predicted octanol–water partition coefficient (Wildman–Crippen LogP) is 2.34. The molecule has 0 aliphatic heterocycles. The van der Waals surface area contributed by atoms with Crippen molar-refractivity contribution in [2.24, 2.45) is 0 Å². The van der Waals surface area contributed by atoms with Gasteiger partial charge in [-0.3, -0.25) is 4.79 Å². The lowest BCUT2D eigenvalue weighted by molar-refractivity contribution is 0.0696. The first-order valence-electron chi connectivity index (χ1n) is 5.50. The van der Waals surface area contributed by atoms with Gasteiger partial charge in [-0.2, -0.15) is 0 Å². The van der Waals surface area contributed by atoms with E-state index >= 15 is 0 Å². The Labute approximate surface area is 109 Å². The second-order valence-electron chi connectivity index (χ2n) is 3.85. The van der Waals surface area contributed by atoms with Crippen LogP contribution in [0.3, 0.4) is 0 Å². The van der Waals surface area contributed by atoms with Gasteiger partial charge < -0.3 is 15.5 Å². The molecule has 0 radical (unpaired) electrons. The molecule has 0 aliphatic rings. The van der Waals surface area contributed by atoms with Crippen LogP contribution in [0.1, 0.15) is 20.7 Å². The molecule has 0 aliphatic carbocycles. The van der Waals surface area contributed by atoms with Crippen LogP contribution in [0.2, 0.25) is 0 Å². The topological polar surface area (TPSA) is 86.6 Å². The Morgan fingerprint density at radius 3 is 2.05 bits per heavy atom. The number of nitrogens with one attached hydrogen (secondary N) is 1. The summed E-state index contributed by atoms with van der Waals surface area (Å²) in [5, 5.41) is 20.8.